The lowest BCUT2D eigenvalue weighted by atomic mass is 10.2. The summed E-state index contributed by atoms with van der Waals surface area (Å²) < 4.78 is 12.8. The maximum atomic E-state index is 11.6. The maximum Gasteiger partial charge on any atom is 0.302 e. The lowest BCUT2D eigenvalue weighted by Gasteiger charge is -2.45. The Kier molecular flexibility index (Phi) is 7.49. The van der Waals surface area contributed by atoms with Crippen LogP contribution in [0.4, 0.5) is 0 Å². The summed E-state index contributed by atoms with van der Waals surface area (Å²) in [5.41, 5.74) is 1.20. The van der Waals surface area contributed by atoms with Crippen molar-refractivity contribution in [2.24, 2.45) is 0 Å². The third-order valence-electron chi connectivity index (χ3n) is 6.48. The molecule has 1 aliphatic carbocycles. The minimum absolute atomic E-state index is 0.0139. The molecule has 4 rings (SSSR count). The van der Waals surface area contributed by atoms with Crippen LogP contribution in [-0.2, 0) is 14.0 Å². The number of carbonyl (C=O) groups is 1. The van der Waals surface area contributed by atoms with Gasteiger partial charge in [-0.2, -0.15) is 0 Å². The monoisotopic (exact) mass is 498 g/mol. The lowest BCUT2D eigenvalue weighted by molar-refractivity contribution is -0.140. The standard InChI is InChI=1S/C27H34O3S2Si/c1-21(28)29-20-22-18-23(19-27(22)31-16-11-17-32-27)30-33(26(2,3)4,24-12-7-5-8-13-24)25-14-9-6-10-15-25/h5-10,12-15,18,23H,11,16-17,19-20H2,1-4H3/t23-/m1/s1. The quantitative estimate of drug-likeness (QED) is 0.303. The van der Waals surface area contributed by atoms with Gasteiger partial charge in [0, 0.05) is 13.3 Å². The first kappa shape index (κ1) is 24.6. The molecule has 0 unspecified atom stereocenters. The summed E-state index contributed by atoms with van der Waals surface area (Å²) in [5, 5.41) is 2.52. The molecule has 0 saturated carbocycles. The van der Waals surface area contributed by atoms with E-state index in [1.165, 1.54) is 29.3 Å². The second-order valence-electron chi connectivity index (χ2n) is 9.80. The molecule has 6 heteroatoms. The van der Waals surface area contributed by atoms with E-state index in [9.17, 15) is 4.79 Å². The molecule has 1 fully saturated rings. The maximum absolute atomic E-state index is 11.6. The van der Waals surface area contributed by atoms with Crippen molar-refractivity contribution in [3.63, 3.8) is 0 Å². The minimum Gasteiger partial charge on any atom is -0.461 e. The van der Waals surface area contributed by atoms with Crippen molar-refractivity contribution < 1.29 is 14.0 Å². The first-order valence-corrected chi connectivity index (χ1v) is 15.6. The van der Waals surface area contributed by atoms with Crippen LogP contribution in [0.3, 0.4) is 0 Å². The van der Waals surface area contributed by atoms with E-state index in [1.54, 1.807) is 0 Å². The molecule has 0 N–H and O–H groups in total. The van der Waals surface area contributed by atoms with Gasteiger partial charge in [-0.3, -0.25) is 4.79 Å². The van der Waals surface area contributed by atoms with E-state index in [-0.39, 0.29) is 21.2 Å². The Morgan fingerprint density at radius 1 is 1.00 bits per heavy atom. The highest BCUT2D eigenvalue weighted by atomic mass is 32.2. The molecular weight excluding hydrogens is 465 g/mol. The molecule has 1 saturated heterocycles. The fourth-order valence-electron chi connectivity index (χ4n) is 5.02. The molecule has 0 bridgehead atoms. The highest BCUT2D eigenvalue weighted by Gasteiger charge is 2.54. The van der Waals surface area contributed by atoms with Gasteiger partial charge in [-0.05, 0) is 38.9 Å². The Morgan fingerprint density at radius 3 is 2.03 bits per heavy atom. The number of ether oxygens (including phenoxy) is 1. The summed E-state index contributed by atoms with van der Waals surface area (Å²) >= 11 is 4.00. The average Bonchev–Trinajstić information content (AvgIpc) is 3.12. The molecule has 1 heterocycles. The molecule has 2 aromatic carbocycles. The molecule has 0 radical (unpaired) electrons. The van der Waals surface area contributed by atoms with E-state index in [0.29, 0.717) is 6.61 Å². The zero-order valence-electron chi connectivity index (χ0n) is 20.0. The third-order valence-corrected chi connectivity index (χ3v) is 15.0. The Balaban J connectivity index is 1.77. The highest BCUT2D eigenvalue weighted by Crippen LogP contribution is 2.55. The zero-order chi connectivity index (χ0) is 23.5. The molecule has 2 aromatic rings. The van der Waals surface area contributed by atoms with Crippen molar-refractivity contribution in [2.45, 2.75) is 55.8 Å². The van der Waals surface area contributed by atoms with Crippen molar-refractivity contribution in [2.75, 3.05) is 18.1 Å². The van der Waals surface area contributed by atoms with Gasteiger partial charge in [-0.1, -0.05) is 87.5 Å². The van der Waals surface area contributed by atoms with Crippen LogP contribution < -0.4 is 10.4 Å². The van der Waals surface area contributed by atoms with E-state index < -0.39 is 8.32 Å². The molecule has 0 aromatic heterocycles. The van der Waals surface area contributed by atoms with Gasteiger partial charge in [0.25, 0.3) is 8.32 Å². The SMILES string of the molecule is CC(=O)OCC1=C[C@@H](O[Si](c2ccccc2)(c2ccccc2)C(C)(C)C)CC12SCCCS2. The molecule has 1 spiro atoms. The number of hydrogen-bond donors (Lipinski definition) is 0. The van der Waals surface area contributed by atoms with Crippen LogP contribution in [0, 0.1) is 0 Å². The van der Waals surface area contributed by atoms with Gasteiger partial charge in [0.2, 0.25) is 0 Å². The van der Waals surface area contributed by atoms with Crippen molar-refractivity contribution in [1.82, 2.24) is 0 Å². The molecule has 3 nitrogen and oxygen atoms in total. The number of thioether (sulfide) groups is 2. The Morgan fingerprint density at radius 2 is 1.55 bits per heavy atom. The molecule has 1 aliphatic heterocycles. The van der Waals surface area contributed by atoms with E-state index in [2.05, 4.69) is 87.5 Å². The summed E-state index contributed by atoms with van der Waals surface area (Å²) in [6.45, 7) is 8.79. The number of carbonyl (C=O) groups excluding carboxylic acids is 1. The van der Waals surface area contributed by atoms with Gasteiger partial charge in [-0.25, -0.2) is 0 Å². The Bertz CT molecular complexity index is 940. The van der Waals surface area contributed by atoms with Crippen molar-refractivity contribution in [1.29, 1.82) is 0 Å². The van der Waals surface area contributed by atoms with Crippen LogP contribution in [-0.4, -0.2) is 42.6 Å². The van der Waals surface area contributed by atoms with Gasteiger partial charge in [0.15, 0.2) is 0 Å². The third kappa shape index (κ3) is 4.99. The summed E-state index contributed by atoms with van der Waals surface area (Å²) in [7, 11) is -2.64. The van der Waals surface area contributed by atoms with Gasteiger partial charge >= 0.3 is 5.97 Å². The summed E-state index contributed by atoms with van der Waals surface area (Å²) in [5.74, 6) is 2.04. The Labute approximate surface area is 207 Å². The molecule has 1 atom stereocenters. The molecule has 2 aliphatic rings. The largest absolute Gasteiger partial charge is 0.461 e. The van der Waals surface area contributed by atoms with Gasteiger partial charge in [-0.15, -0.1) is 23.5 Å². The van der Waals surface area contributed by atoms with Crippen molar-refractivity contribution in [3.05, 3.63) is 72.3 Å². The fraction of sp³-hybridized carbons (Fsp3) is 0.444. The van der Waals surface area contributed by atoms with Crippen LogP contribution in [0.5, 0.6) is 0 Å². The predicted molar refractivity (Wildman–Crippen MR) is 144 cm³/mol. The summed E-state index contributed by atoms with van der Waals surface area (Å²) in [6, 6.07) is 21.6. The second-order valence-corrected chi connectivity index (χ2v) is 17.1. The van der Waals surface area contributed by atoms with Crippen LogP contribution >= 0.6 is 23.5 Å². The van der Waals surface area contributed by atoms with Crippen LogP contribution in [0.25, 0.3) is 0 Å². The molecular formula is C27H34O3S2Si. The van der Waals surface area contributed by atoms with E-state index in [1.807, 2.05) is 23.5 Å². The average molecular weight is 499 g/mol. The van der Waals surface area contributed by atoms with E-state index >= 15 is 0 Å². The molecule has 176 valence electrons. The fourth-order valence-corrected chi connectivity index (χ4v) is 13.1. The van der Waals surface area contributed by atoms with Gasteiger partial charge < -0.3 is 9.16 Å². The molecule has 0 amide bonds. The first-order chi connectivity index (χ1) is 15.8. The van der Waals surface area contributed by atoms with Crippen molar-refractivity contribution >= 4 is 48.2 Å². The first-order valence-electron chi connectivity index (χ1n) is 11.7. The summed E-state index contributed by atoms with van der Waals surface area (Å²) in [6.07, 6.45) is 4.40. The van der Waals surface area contributed by atoms with Crippen LogP contribution in [0.1, 0.15) is 40.5 Å². The predicted octanol–water partition coefficient (Wildman–Crippen LogP) is 5.39. The van der Waals surface area contributed by atoms with Crippen LogP contribution in [0.2, 0.25) is 5.04 Å². The number of hydrogen-bond acceptors (Lipinski definition) is 5. The summed E-state index contributed by atoms with van der Waals surface area (Å²) in [4.78, 5) is 11.6. The highest BCUT2D eigenvalue weighted by molar-refractivity contribution is 8.19. The zero-order valence-corrected chi connectivity index (χ0v) is 22.6. The second kappa shape index (κ2) is 10.0. The lowest BCUT2D eigenvalue weighted by Crippen LogP contribution is -2.67. The van der Waals surface area contributed by atoms with E-state index in [0.717, 1.165) is 17.9 Å². The number of benzene rings is 2. The van der Waals surface area contributed by atoms with Crippen molar-refractivity contribution in [3.8, 4) is 0 Å². The van der Waals surface area contributed by atoms with Gasteiger partial charge in [0.1, 0.15) is 6.61 Å². The smallest absolute Gasteiger partial charge is 0.302 e. The number of esters is 1. The van der Waals surface area contributed by atoms with Crippen LogP contribution in [0.15, 0.2) is 72.3 Å². The Hall–Kier alpha value is -1.47. The number of rotatable bonds is 6. The van der Waals surface area contributed by atoms with E-state index in [4.69, 9.17) is 9.16 Å². The minimum atomic E-state index is -2.64. The molecule has 33 heavy (non-hydrogen) atoms. The topological polar surface area (TPSA) is 35.5 Å². The normalized spacial score (nSPS) is 20.5. The van der Waals surface area contributed by atoms with Gasteiger partial charge in [0.05, 0.1) is 10.2 Å².